The third-order valence-corrected chi connectivity index (χ3v) is 3.98. The molecule has 20 heavy (non-hydrogen) atoms. The summed E-state index contributed by atoms with van der Waals surface area (Å²) < 4.78 is 0. The fourth-order valence-corrected chi connectivity index (χ4v) is 2.83. The molecule has 1 aliphatic rings. The molecule has 106 valence electrons. The van der Waals surface area contributed by atoms with Gasteiger partial charge >= 0.3 is 6.03 Å². The second-order valence-electron chi connectivity index (χ2n) is 5.23. The molecule has 2 unspecified atom stereocenters. The molecule has 0 bridgehead atoms. The van der Waals surface area contributed by atoms with Crippen LogP contribution in [-0.2, 0) is 0 Å². The van der Waals surface area contributed by atoms with Crippen LogP contribution in [0.5, 0.6) is 0 Å². The highest BCUT2D eigenvalue weighted by Gasteiger charge is 2.31. The summed E-state index contributed by atoms with van der Waals surface area (Å²) in [5, 5.41) is 11.7. The van der Waals surface area contributed by atoms with Crippen molar-refractivity contribution in [3.8, 4) is 6.07 Å². The van der Waals surface area contributed by atoms with E-state index >= 15 is 0 Å². The molecule has 0 heterocycles. The Morgan fingerprint density at radius 1 is 1.55 bits per heavy atom. The monoisotopic (exact) mass is 272 g/mol. The van der Waals surface area contributed by atoms with Crippen molar-refractivity contribution in [3.05, 3.63) is 29.8 Å². The Balaban J connectivity index is 2.02. The molecule has 1 aliphatic carbocycles. The maximum absolute atomic E-state index is 12.3. The van der Waals surface area contributed by atoms with E-state index in [0.29, 0.717) is 23.7 Å². The van der Waals surface area contributed by atoms with E-state index in [2.05, 4.69) is 11.4 Å². The van der Waals surface area contributed by atoms with Gasteiger partial charge in [0.25, 0.3) is 0 Å². The van der Waals surface area contributed by atoms with E-state index in [-0.39, 0.29) is 12.1 Å². The van der Waals surface area contributed by atoms with Crippen LogP contribution in [0.3, 0.4) is 0 Å². The van der Waals surface area contributed by atoms with Crippen LogP contribution in [0.15, 0.2) is 24.3 Å². The minimum Gasteiger partial charge on any atom is -0.330 e. The molecule has 0 aliphatic heterocycles. The van der Waals surface area contributed by atoms with Crippen LogP contribution in [-0.4, -0.2) is 30.6 Å². The Morgan fingerprint density at radius 3 is 3.05 bits per heavy atom. The molecular weight excluding hydrogens is 252 g/mol. The van der Waals surface area contributed by atoms with Gasteiger partial charge in [-0.15, -0.1) is 0 Å². The van der Waals surface area contributed by atoms with E-state index in [1.807, 2.05) is 7.05 Å². The molecule has 0 radical (unpaired) electrons. The molecule has 2 rings (SSSR count). The maximum atomic E-state index is 12.3. The first-order valence-corrected chi connectivity index (χ1v) is 6.89. The number of urea groups is 1. The maximum Gasteiger partial charge on any atom is 0.321 e. The Morgan fingerprint density at radius 2 is 2.35 bits per heavy atom. The molecule has 1 fully saturated rings. The Bertz CT molecular complexity index is 523. The van der Waals surface area contributed by atoms with E-state index in [4.69, 9.17) is 11.0 Å². The van der Waals surface area contributed by atoms with Gasteiger partial charge in [0.1, 0.15) is 0 Å². The van der Waals surface area contributed by atoms with Gasteiger partial charge in [-0.2, -0.15) is 5.26 Å². The number of carbonyl (C=O) groups is 1. The first kappa shape index (κ1) is 14.4. The van der Waals surface area contributed by atoms with Crippen LogP contribution in [0.2, 0.25) is 0 Å². The molecule has 0 spiro atoms. The van der Waals surface area contributed by atoms with Crippen LogP contribution in [0.4, 0.5) is 10.5 Å². The van der Waals surface area contributed by atoms with Gasteiger partial charge in [-0.3, -0.25) is 0 Å². The summed E-state index contributed by atoms with van der Waals surface area (Å²) in [7, 11) is 1.81. The Labute approximate surface area is 119 Å². The number of benzene rings is 1. The van der Waals surface area contributed by atoms with Crippen molar-refractivity contribution in [2.75, 3.05) is 18.9 Å². The van der Waals surface area contributed by atoms with Crippen molar-refractivity contribution in [3.63, 3.8) is 0 Å². The number of nitriles is 1. The zero-order valence-electron chi connectivity index (χ0n) is 11.7. The number of carbonyl (C=O) groups excluding carboxylic acids is 1. The summed E-state index contributed by atoms with van der Waals surface area (Å²) in [6.45, 7) is 0.617. The first-order valence-electron chi connectivity index (χ1n) is 6.89. The number of anilines is 1. The molecule has 1 aromatic carbocycles. The van der Waals surface area contributed by atoms with Gasteiger partial charge in [0.05, 0.1) is 11.6 Å². The topological polar surface area (TPSA) is 82.2 Å². The highest BCUT2D eigenvalue weighted by molar-refractivity contribution is 5.89. The molecular formula is C15H20N4O. The SMILES string of the molecule is CN(C(=O)Nc1cccc(C#N)c1)C1CCCC1CN. The average Bonchev–Trinajstić information content (AvgIpc) is 2.95. The summed E-state index contributed by atoms with van der Waals surface area (Å²) in [4.78, 5) is 14.0. The van der Waals surface area contributed by atoms with Gasteiger partial charge in [-0.05, 0) is 43.5 Å². The molecule has 0 aromatic heterocycles. The second-order valence-corrected chi connectivity index (χ2v) is 5.23. The van der Waals surface area contributed by atoms with Gasteiger partial charge in [-0.1, -0.05) is 12.5 Å². The van der Waals surface area contributed by atoms with Gasteiger partial charge in [-0.25, -0.2) is 4.79 Å². The van der Waals surface area contributed by atoms with E-state index in [1.165, 1.54) is 0 Å². The van der Waals surface area contributed by atoms with Crippen LogP contribution < -0.4 is 11.1 Å². The third kappa shape index (κ3) is 3.09. The number of rotatable bonds is 3. The minimum absolute atomic E-state index is 0.148. The lowest BCUT2D eigenvalue weighted by Crippen LogP contribution is -2.43. The van der Waals surface area contributed by atoms with E-state index in [1.54, 1.807) is 29.2 Å². The van der Waals surface area contributed by atoms with E-state index in [0.717, 1.165) is 19.3 Å². The Hall–Kier alpha value is -2.06. The molecule has 2 amide bonds. The zero-order chi connectivity index (χ0) is 14.5. The van der Waals surface area contributed by atoms with Crippen molar-refractivity contribution in [1.29, 1.82) is 5.26 Å². The van der Waals surface area contributed by atoms with Crippen molar-refractivity contribution < 1.29 is 4.79 Å². The van der Waals surface area contributed by atoms with Crippen LogP contribution >= 0.6 is 0 Å². The fraction of sp³-hybridized carbons (Fsp3) is 0.467. The normalized spacial score (nSPS) is 21.2. The largest absolute Gasteiger partial charge is 0.330 e. The molecule has 1 aromatic rings. The van der Waals surface area contributed by atoms with Gasteiger partial charge < -0.3 is 16.0 Å². The lowest BCUT2D eigenvalue weighted by atomic mass is 10.0. The van der Waals surface area contributed by atoms with Crippen molar-refractivity contribution in [2.24, 2.45) is 11.7 Å². The van der Waals surface area contributed by atoms with Gasteiger partial charge in [0, 0.05) is 18.8 Å². The Kier molecular flexibility index (Phi) is 4.59. The highest BCUT2D eigenvalue weighted by Crippen LogP contribution is 2.28. The first-order chi connectivity index (χ1) is 9.65. The summed E-state index contributed by atoms with van der Waals surface area (Å²) in [5.41, 5.74) is 6.93. The second kappa shape index (κ2) is 6.40. The fourth-order valence-electron chi connectivity index (χ4n) is 2.83. The average molecular weight is 272 g/mol. The molecule has 5 nitrogen and oxygen atoms in total. The summed E-state index contributed by atoms with van der Waals surface area (Å²) in [5.74, 6) is 0.385. The molecule has 1 saturated carbocycles. The van der Waals surface area contributed by atoms with Crippen LogP contribution in [0, 0.1) is 17.2 Å². The lowest BCUT2D eigenvalue weighted by Gasteiger charge is -2.29. The molecule has 3 N–H and O–H groups in total. The highest BCUT2D eigenvalue weighted by atomic mass is 16.2. The number of nitrogens with zero attached hydrogens (tertiary/aromatic N) is 2. The molecule has 0 saturated heterocycles. The zero-order valence-corrected chi connectivity index (χ0v) is 11.7. The number of hydrogen-bond donors (Lipinski definition) is 2. The van der Waals surface area contributed by atoms with E-state index in [9.17, 15) is 4.79 Å². The van der Waals surface area contributed by atoms with Crippen molar-refractivity contribution >= 4 is 11.7 Å². The van der Waals surface area contributed by atoms with Crippen LogP contribution in [0.25, 0.3) is 0 Å². The standard InChI is InChI=1S/C15H20N4O/c1-19(14-7-3-5-12(14)10-17)15(20)18-13-6-2-4-11(8-13)9-16/h2,4,6,8,12,14H,3,5,7,10,17H2,1H3,(H,18,20). The molecule has 5 heteroatoms. The summed E-state index contributed by atoms with van der Waals surface area (Å²) in [6, 6.07) is 9.03. The van der Waals surface area contributed by atoms with Gasteiger partial charge in [0.2, 0.25) is 0 Å². The minimum atomic E-state index is -0.148. The smallest absolute Gasteiger partial charge is 0.321 e. The lowest BCUT2D eigenvalue weighted by molar-refractivity contribution is 0.190. The summed E-state index contributed by atoms with van der Waals surface area (Å²) >= 11 is 0. The van der Waals surface area contributed by atoms with Crippen molar-refractivity contribution in [2.45, 2.75) is 25.3 Å². The number of hydrogen-bond acceptors (Lipinski definition) is 3. The van der Waals surface area contributed by atoms with Gasteiger partial charge in [0.15, 0.2) is 0 Å². The predicted molar refractivity (Wildman–Crippen MR) is 78.1 cm³/mol. The third-order valence-electron chi connectivity index (χ3n) is 3.98. The number of amides is 2. The van der Waals surface area contributed by atoms with Crippen molar-refractivity contribution in [1.82, 2.24) is 4.90 Å². The number of nitrogens with one attached hydrogen (secondary N) is 1. The number of nitrogens with two attached hydrogens (primary N) is 1. The van der Waals surface area contributed by atoms with E-state index < -0.39 is 0 Å². The van der Waals surface area contributed by atoms with Crippen LogP contribution in [0.1, 0.15) is 24.8 Å². The molecule has 2 atom stereocenters. The predicted octanol–water partition coefficient (Wildman–Crippen LogP) is 2.15. The quantitative estimate of drug-likeness (QED) is 0.884. The summed E-state index contributed by atoms with van der Waals surface area (Å²) in [6.07, 6.45) is 3.21.